The first-order valence-corrected chi connectivity index (χ1v) is 8.08. The minimum atomic E-state index is -2.84. The van der Waals surface area contributed by atoms with Crippen LogP contribution in [0, 0.1) is 0 Å². The summed E-state index contributed by atoms with van der Waals surface area (Å²) in [6.45, 7) is -2.45. The fraction of sp³-hybridized carbons (Fsp3) is 0.308. The van der Waals surface area contributed by atoms with Gasteiger partial charge in [0.1, 0.15) is 11.3 Å². The summed E-state index contributed by atoms with van der Waals surface area (Å²) >= 11 is 2.72. The fourth-order valence-corrected chi connectivity index (χ4v) is 3.03. The van der Waals surface area contributed by atoms with Crippen LogP contribution < -0.4 is 4.74 Å². The molecule has 1 aromatic carbocycles. The van der Waals surface area contributed by atoms with Crippen LogP contribution in [0.2, 0.25) is 0 Å². The Morgan fingerprint density at radius 1 is 1.41 bits per heavy atom. The quantitative estimate of drug-likeness (QED) is 0.722. The number of hydrogen-bond donors (Lipinski definition) is 0. The second-order valence-electron chi connectivity index (χ2n) is 4.27. The van der Waals surface area contributed by atoms with Crippen LogP contribution in [0.15, 0.2) is 34.1 Å². The summed E-state index contributed by atoms with van der Waals surface area (Å²) in [5, 5.41) is 7.55. The molecule has 1 aromatic heterocycles. The Balaban J connectivity index is 1.82. The van der Waals surface area contributed by atoms with Crippen molar-refractivity contribution in [2.75, 3.05) is 12.8 Å². The first-order valence-electron chi connectivity index (χ1n) is 6.21. The Morgan fingerprint density at radius 3 is 2.73 bits per heavy atom. The second kappa shape index (κ2) is 8.04. The molecule has 0 aliphatic rings. The molecule has 0 N–H and O–H groups in total. The number of ether oxygens (including phenoxy) is 1. The van der Waals surface area contributed by atoms with Crippen LogP contribution in [-0.2, 0) is 11.3 Å². The number of amides is 1. The van der Waals surface area contributed by atoms with E-state index in [4.69, 9.17) is 0 Å². The highest BCUT2D eigenvalue weighted by Crippen LogP contribution is 2.20. The van der Waals surface area contributed by atoms with Crippen molar-refractivity contribution in [2.45, 2.75) is 17.5 Å². The van der Waals surface area contributed by atoms with Crippen LogP contribution in [0.4, 0.5) is 8.78 Å². The van der Waals surface area contributed by atoms with Crippen LogP contribution in [-0.4, -0.2) is 40.4 Å². The summed E-state index contributed by atoms with van der Waals surface area (Å²) in [4.78, 5) is 13.6. The first kappa shape index (κ1) is 16.6. The van der Waals surface area contributed by atoms with E-state index in [1.807, 2.05) is 0 Å². The van der Waals surface area contributed by atoms with E-state index < -0.39 is 6.61 Å². The van der Waals surface area contributed by atoms with E-state index in [1.54, 1.807) is 29.6 Å². The highest BCUT2D eigenvalue weighted by molar-refractivity contribution is 8.01. The largest absolute Gasteiger partial charge is 0.435 e. The van der Waals surface area contributed by atoms with Gasteiger partial charge in [-0.2, -0.15) is 8.78 Å². The van der Waals surface area contributed by atoms with Gasteiger partial charge in [-0.15, -0.1) is 10.2 Å². The number of halogens is 2. The lowest BCUT2D eigenvalue weighted by atomic mass is 10.2. The van der Waals surface area contributed by atoms with Crippen LogP contribution in [0.1, 0.15) is 5.56 Å². The zero-order valence-electron chi connectivity index (χ0n) is 11.6. The Hall–Kier alpha value is -1.74. The van der Waals surface area contributed by atoms with Crippen LogP contribution in [0.5, 0.6) is 5.75 Å². The number of hydrogen-bond acceptors (Lipinski definition) is 6. The van der Waals surface area contributed by atoms with E-state index in [-0.39, 0.29) is 17.4 Å². The number of alkyl halides is 2. The molecule has 0 spiro atoms. The molecule has 0 saturated carbocycles. The maximum Gasteiger partial charge on any atom is 0.387 e. The van der Waals surface area contributed by atoms with Crippen molar-refractivity contribution in [3.05, 3.63) is 35.3 Å². The molecule has 0 radical (unpaired) electrons. The lowest BCUT2D eigenvalue weighted by molar-refractivity contribution is -0.127. The molecule has 0 atom stereocenters. The van der Waals surface area contributed by atoms with Crippen molar-refractivity contribution in [2.24, 2.45) is 0 Å². The van der Waals surface area contributed by atoms with E-state index in [2.05, 4.69) is 14.9 Å². The SMILES string of the molecule is CN(Cc1ccc(OC(F)F)cc1)C(=O)CSc1nncs1. The van der Waals surface area contributed by atoms with Crippen molar-refractivity contribution in [1.29, 1.82) is 0 Å². The summed E-state index contributed by atoms with van der Waals surface area (Å²) in [5.74, 6) is 0.325. The van der Waals surface area contributed by atoms with Gasteiger partial charge in [-0.25, -0.2) is 0 Å². The highest BCUT2D eigenvalue weighted by atomic mass is 32.2. The molecule has 1 amide bonds. The number of aromatic nitrogens is 2. The van der Waals surface area contributed by atoms with Crippen molar-refractivity contribution in [3.63, 3.8) is 0 Å². The van der Waals surface area contributed by atoms with Crippen molar-refractivity contribution in [3.8, 4) is 5.75 Å². The van der Waals surface area contributed by atoms with Gasteiger partial charge in [-0.05, 0) is 17.7 Å². The zero-order chi connectivity index (χ0) is 15.9. The molecule has 2 aromatic rings. The molecule has 9 heteroatoms. The summed E-state index contributed by atoms with van der Waals surface area (Å²) in [5.41, 5.74) is 2.44. The molecule has 2 rings (SSSR count). The predicted octanol–water partition coefficient (Wildman–Crippen LogP) is 2.89. The number of thioether (sulfide) groups is 1. The summed E-state index contributed by atoms with van der Waals surface area (Å²) < 4.78 is 29.1. The third-order valence-electron chi connectivity index (χ3n) is 2.65. The van der Waals surface area contributed by atoms with Crippen molar-refractivity contribution in [1.82, 2.24) is 15.1 Å². The normalized spacial score (nSPS) is 10.7. The van der Waals surface area contributed by atoms with Gasteiger partial charge >= 0.3 is 6.61 Å². The van der Waals surface area contributed by atoms with Gasteiger partial charge in [0.25, 0.3) is 0 Å². The molecule has 0 bridgehead atoms. The lowest BCUT2D eigenvalue weighted by Crippen LogP contribution is -2.27. The molecule has 0 aliphatic carbocycles. The predicted molar refractivity (Wildman–Crippen MR) is 80.2 cm³/mol. The maximum atomic E-state index is 12.1. The van der Waals surface area contributed by atoms with Gasteiger partial charge < -0.3 is 9.64 Å². The zero-order valence-corrected chi connectivity index (χ0v) is 13.2. The fourth-order valence-electron chi connectivity index (χ4n) is 1.60. The number of carbonyl (C=O) groups excluding carboxylic acids is 1. The molecule has 118 valence electrons. The Kier molecular flexibility index (Phi) is 6.08. The van der Waals surface area contributed by atoms with E-state index >= 15 is 0 Å². The maximum absolute atomic E-state index is 12.1. The highest BCUT2D eigenvalue weighted by Gasteiger charge is 2.11. The van der Waals surface area contributed by atoms with E-state index in [0.29, 0.717) is 6.54 Å². The third-order valence-corrected chi connectivity index (χ3v) is 4.50. The number of benzene rings is 1. The van der Waals surface area contributed by atoms with Gasteiger partial charge in [-0.3, -0.25) is 4.79 Å². The molecule has 1 heterocycles. The smallest absolute Gasteiger partial charge is 0.387 e. The first-order chi connectivity index (χ1) is 10.5. The molecule has 5 nitrogen and oxygen atoms in total. The Labute approximate surface area is 134 Å². The van der Waals surface area contributed by atoms with E-state index in [1.165, 1.54) is 35.2 Å². The average Bonchev–Trinajstić information content (AvgIpc) is 2.99. The van der Waals surface area contributed by atoms with Crippen LogP contribution in [0.3, 0.4) is 0 Å². The molecule has 0 saturated heterocycles. The minimum Gasteiger partial charge on any atom is -0.435 e. The minimum absolute atomic E-state index is 0.0480. The Bertz CT molecular complexity index is 594. The Morgan fingerprint density at radius 2 is 2.14 bits per heavy atom. The molecule has 22 heavy (non-hydrogen) atoms. The molecular formula is C13H13F2N3O2S2. The van der Waals surface area contributed by atoms with Gasteiger partial charge in [0, 0.05) is 13.6 Å². The topological polar surface area (TPSA) is 55.3 Å². The van der Waals surface area contributed by atoms with E-state index in [0.717, 1.165) is 9.90 Å². The van der Waals surface area contributed by atoms with Crippen LogP contribution in [0.25, 0.3) is 0 Å². The van der Waals surface area contributed by atoms with Gasteiger partial charge in [0.15, 0.2) is 4.34 Å². The molecule has 0 fully saturated rings. The summed E-state index contributed by atoms with van der Waals surface area (Å²) in [6, 6.07) is 6.21. The van der Waals surface area contributed by atoms with Gasteiger partial charge in [0.05, 0.1) is 5.75 Å². The molecular weight excluding hydrogens is 332 g/mol. The van der Waals surface area contributed by atoms with Crippen LogP contribution >= 0.6 is 23.1 Å². The monoisotopic (exact) mass is 345 g/mol. The standard InChI is InChI=1S/C13H13F2N3O2S2/c1-18(11(19)7-21-13-17-16-8-22-13)6-9-2-4-10(5-3-9)20-12(14)15/h2-5,8,12H,6-7H2,1H3. The lowest BCUT2D eigenvalue weighted by Gasteiger charge is -2.17. The number of rotatable bonds is 7. The van der Waals surface area contributed by atoms with Crippen molar-refractivity contribution < 1.29 is 18.3 Å². The molecule has 0 unspecified atom stereocenters. The average molecular weight is 345 g/mol. The molecule has 0 aliphatic heterocycles. The third kappa shape index (κ3) is 5.23. The summed E-state index contributed by atoms with van der Waals surface area (Å²) in [7, 11) is 1.69. The number of carbonyl (C=O) groups is 1. The van der Waals surface area contributed by atoms with Gasteiger partial charge in [-0.1, -0.05) is 35.2 Å². The van der Waals surface area contributed by atoms with Gasteiger partial charge in [0.2, 0.25) is 5.91 Å². The summed E-state index contributed by atoms with van der Waals surface area (Å²) in [6.07, 6.45) is 0. The van der Waals surface area contributed by atoms with E-state index in [9.17, 15) is 13.6 Å². The van der Waals surface area contributed by atoms with Crippen molar-refractivity contribution >= 4 is 29.0 Å². The second-order valence-corrected chi connectivity index (χ2v) is 6.32. The number of nitrogens with zero attached hydrogens (tertiary/aromatic N) is 3.